The van der Waals surface area contributed by atoms with Gasteiger partial charge in [-0.2, -0.15) is 18.3 Å². The maximum Gasteiger partial charge on any atom is 0.433 e. The summed E-state index contributed by atoms with van der Waals surface area (Å²) in [6, 6.07) is 10.5. The van der Waals surface area contributed by atoms with Crippen LogP contribution >= 0.6 is 0 Å². The highest BCUT2D eigenvalue weighted by molar-refractivity contribution is 5.54. The average molecular weight is 452 g/mol. The molecule has 0 amide bonds. The second kappa shape index (κ2) is 7.15. The molecule has 1 N–H and O–H groups in total. The van der Waals surface area contributed by atoms with Gasteiger partial charge in [-0.15, -0.1) is 5.10 Å². The van der Waals surface area contributed by atoms with Crippen LogP contribution in [0.3, 0.4) is 0 Å². The minimum absolute atomic E-state index is 0.211. The fourth-order valence-electron chi connectivity index (χ4n) is 4.09. The van der Waals surface area contributed by atoms with Crippen molar-refractivity contribution in [1.82, 2.24) is 34.8 Å². The molecule has 0 aliphatic carbocycles. The van der Waals surface area contributed by atoms with Gasteiger partial charge in [0.25, 0.3) is 5.89 Å². The highest BCUT2D eigenvalue weighted by Crippen LogP contribution is 2.38. The minimum Gasteiger partial charge on any atom is -0.402 e. The average Bonchev–Trinajstić information content (AvgIpc) is 3.56. The normalized spacial score (nSPS) is 16.3. The van der Waals surface area contributed by atoms with E-state index < -0.39 is 17.9 Å². The Hall–Kier alpha value is -4.22. The van der Waals surface area contributed by atoms with E-state index in [0.717, 1.165) is 16.3 Å². The second-order valence-electron chi connectivity index (χ2n) is 7.53. The zero-order chi connectivity index (χ0) is 22.6. The molecule has 0 fully saturated rings. The molecule has 0 unspecified atom stereocenters. The molecule has 33 heavy (non-hydrogen) atoms. The molecule has 0 saturated heterocycles. The molecular weight excluding hydrogens is 437 g/mol. The van der Waals surface area contributed by atoms with E-state index in [9.17, 15) is 13.2 Å². The van der Waals surface area contributed by atoms with E-state index in [4.69, 9.17) is 4.42 Å². The zero-order valence-corrected chi connectivity index (χ0v) is 16.9. The van der Waals surface area contributed by atoms with E-state index in [1.54, 1.807) is 47.8 Å². The lowest BCUT2D eigenvalue weighted by Crippen LogP contribution is -2.37. The van der Waals surface area contributed by atoms with E-state index in [1.807, 2.05) is 0 Å². The Labute approximate surface area is 183 Å². The lowest BCUT2D eigenvalue weighted by molar-refractivity contribution is -0.142. The number of halogens is 3. The molecule has 1 atom stereocenters. The first-order valence-electron chi connectivity index (χ1n) is 10.1. The highest BCUT2D eigenvalue weighted by atomic mass is 19.4. The molecule has 1 aliphatic rings. The molecule has 0 bridgehead atoms. The number of anilines is 1. The number of fused-ring (bicyclic) bond motifs is 2. The van der Waals surface area contributed by atoms with Gasteiger partial charge in [0.05, 0.1) is 23.2 Å². The van der Waals surface area contributed by atoms with Gasteiger partial charge >= 0.3 is 12.2 Å². The predicted molar refractivity (Wildman–Crippen MR) is 109 cm³/mol. The van der Waals surface area contributed by atoms with Gasteiger partial charge in [0.1, 0.15) is 17.4 Å². The summed E-state index contributed by atoms with van der Waals surface area (Å²) in [5, 5.41) is 12.6. The van der Waals surface area contributed by atoms with E-state index in [-0.39, 0.29) is 11.9 Å². The van der Waals surface area contributed by atoms with E-state index >= 15 is 0 Å². The van der Waals surface area contributed by atoms with E-state index in [0.29, 0.717) is 35.6 Å². The number of nitrogens with zero attached hydrogens (tertiary/aromatic N) is 7. The Balaban J connectivity index is 1.47. The van der Waals surface area contributed by atoms with Crippen molar-refractivity contribution in [2.75, 3.05) is 11.4 Å². The van der Waals surface area contributed by atoms with Gasteiger partial charge in [0.15, 0.2) is 0 Å². The number of hydrogen-bond donors (Lipinski definition) is 1. The summed E-state index contributed by atoms with van der Waals surface area (Å²) in [5.41, 5.74) is 1.91. The van der Waals surface area contributed by atoms with Crippen molar-refractivity contribution in [1.29, 1.82) is 0 Å². The summed E-state index contributed by atoms with van der Waals surface area (Å²) in [6.45, 7) is 0.476. The Morgan fingerprint density at radius 3 is 2.79 bits per heavy atom. The number of rotatable bonds is 3. The smallest absolute Gasteiger partial charge is 0.402 e. The molecule has 0 aromatic carbocycles. The van der Waals surface area contributed by atoms with Crippen molar-refractivity contribution in [3.05, 3.63) is 77.8 Å². The molecule has 0 saturated carbocycles. The van der Waals surface area contributed by atoms with Gasteiger partial charge in [-0.1, -0.05) is 17.2 Å². The number of hydrogen-bond acceptors (Lipinski definition) is 7. The van der Waals surface area contributed by atoms with Crippen molar-refractivity contribution in [2.45, 2.75) is 18.6 Å². The van der Waals surface area contributed by atoms with Crippen LogP contribution in [0.4, 0.5) is 19.2 Å². The molecule has 5 aromatic heterocycles. The largest absolute Gasteiger partial charge is 0.433 e. The molecule has 166 valence electrons. The van der Waals surface area contributed by atoms with Crippen molar-refractivity contribution in [3.8, 4) is 11.6 Å². The molecule has 6 heterocycles. The van der Waals surface area contributed by atoms with Crippen LogP contribution < -0.4 is 4.90 Å². The number of alkyl halides is 3. The fourth-order valence-corrected chi connectivity index (χ4v) is 4.09. The third-order valence-corrected chi connectivity index (χ3v) is 5.54. The number of imidazole rings is 1. The van der Waals surface area contributed by atoms with Crippen molar-refractivity contribution >= 4 is 11.5 Å². The predicted octanol–water partition coefficient (Wildman–Crippen LogP) is 3.67. The van der Waals surface area contributed by atoms with Crippen LogP contribution in [0, 0.1) is 0 Å². The Morgan fingerprint density at radius 1 is 1.06 bits per heavy atom. The molecular formula is C21H15F3N8O. The number of H-pyrrole nitrogens is 1. The van der Waals surface area contributed by atoms with Gasteiger partial charge in [-0.3, -0.25) is 4.98 Å². The van der Waals surface area contributed by atoms with Gasteiger partial charge in [-0.25, -0.2) is 9.50 Å². The molecule has 12 heteroatoms. The summed E-state index contributed by atoms with van der Waals surface area (Å²) in [5.74, 6) is 0.242. The molecule has 9 nitrogen and oxygen atoms in total. The van der Waals surface area contributed by atoms with Crippen molar-refractivity contribution in [2.24, 2.45) is 0 Å². The van der Waals surface area contributed by atoms with Gasteiger partial charge in [-0.05, 0) is 30.3 Å². The first kappa shape index (κ1) is 19.5. The summed E-state index contributed by atoms with van der Waals surface area (Å²) >= 11 is 0. The minimum atomic E-state index is -4.55. The number of nitrogens with one attached hydrogen (secondary N) is 1. The van der Waals surface area contributed by atoms with E-state index in [1.165, 1.54) is 6.07 Å². The Morgan fingerprint density at radius 2 is 1.97 bits per heavy atom. The highest BCUT2D eigenvalue weighted by Gasteiger charge is 2.38. The summed E-state index contributed by atoms with van der Waals surface area (Å²) in [6.07, 6.45) is -0.746. The standard InChI is InChI=1S/C21H15F3N8O/c22-21(23,24)16-6-3-4-12-10-15(30-32(12)16)18-17-13(26-11-27-17)7-9-31(18)20-29-28-19(33-20)14-5-1-2-8-25-14/h1-6,8,10-11,18H,7,9H2,(H,26,27)/t18-/m1/s1. The third kappa shape index (κ3) is 3.22. The SMILES string of the molecule is FC(F)(F)c1cccc2cc([C@@H]3c4nc[nH]c4CCN3c3nnc(-c4ccccn4)o3)nn12. The molecule has 6 rings (SSSR count). The van der Waals surface area contributed by atoms with Crippen LogP contribution in [0.1, 0.15) is 28.8 Å². The summed E-state index contributed by atoms with van der Waals surface area (Å²) < 4.78 is 47.4. The molecule has 5 aromatic rings. The van der Waals surface area contributed by atoms with Crippen LogP contribution in [0.5, 0.6) is 0 Å². The monoisotopic (exact) mass is 452 g/mol. The second-order valence-corrected chi connectivity index (χ2v) is 7.53. The topological polar surface area (TPSA) is 101 Å². The van der Waals surface area contributed by atoms with Crippen LogP contribution in [-0.2, 0) is 12.6 Å². The summed E-state index contributed by atoms with van der Waals surface area (Å²) in [7, 11) is 0. The lowest BCUT2D eigenvalue weighted by Gasteiger charge is -2.32. The molecule has 1 aliphatic heterocycles. The van der Waals surface area contributed by atoms with Crippen molar-refractivity contribution in [3.63, 3.8) is 0 Å². The zero-order valence-electron chi connectivity index (χ0n) is 16.9. The van der Waals surface area contributed by atoms with Crippen LogP contribution in [0.25, 0.3) is 17.1 Å². The van der Waals surface area contributed by atoms with Gasteiger partial charge in [0, 0.05) is 24.9 Å². The molecule has 0 spiro atoms. The van der Waals surface area contributed by atoms with Crippen molar-refractivity contribution < 1.29 is 17.6 Å². The number of aromatic amines is 1. The van der Waals surface area contributed by atoms with Crippen LogP contribution in [0.15, 0.2) is 59.4 Å². The quantitative estimate of drug-likeness (QED) is 0.446. The Bertz CT molecular complexity index is 1440. The molecule has 0 radical (unpaired) electrons. The fraction of sp³-hybridized carbons (Fsp3) is 0.190. The maximum absolute atomic E-state index is 13.5. The van der Waals surface area contributed by atoms with Crippen LogP contribution in [-0.4, -0.2) is 41.3 Å². The Kier molecular flexibility index (Phi) is 4.22. The van der Waals surface area contributed by atoms with Gasteiger partial charge in [0.2, 0.25) is 0 Å². The lowest BCUT2D eigenvalue weighted by atomic mass is 10.0. The van der Waals surface area contributed by atoms with Crippen LogP contribution in [0.2, 0.25) is 0 Å². The third-order valence-electron chi connectivity index (χ3n) is 5.54. The summed E-state index contributed by atoms with van der Waals surface area (Å²) in [4.78, 5) is 13.5. The first-order chi connectivity index (χ1) is 16.0. The first-order valence-corrected chi connectivity index (χ1v) is 10.1. The number of pyridine rings is 2. The van der Waals surface area contributed by atoms with Gasteiger partial charge < -0.3 is 14.3 Å². The maximum atomic E-state index is 13.5. The van der Waals surface area contributed by atoms with E-state index in [2.05, 4.69) is 30.2 Å². The number of aromatic nitrogens is 7.